The fraction of sp³-hybridized carbons (Fsp3) is 0.167. The first-order valence-electron chi connectivity index (χ1n) is 8.07. The maximum absolute atomic E-state index is 12.0. The Balaban J connectivity index is 1.33. The smallest absolute Gasteiger partial charge is 0.322 e. The fourth-order valence-electron chi connectivity index (χ4n) is 2.39. The largest absolute Gasteiger partial charge is 0.485 e. The van der Waals surface area contributed by atoms with Crippen LogP contribution in [-0.4, -0.2) is 29.3 Å². The van der Waals surface area contributed by atoms with Crippen molar-refractivity contribution < 1.29 is 23.4 Å². The second-order valence-corrected chi connectivity index (χ2v) is 6.04. The lowest BCUT2D eigenvalue weighted by molar-refractivity contribution is -0.118. The Kier molecular flexibility index (Phi) is 4.80. The van der Waals surface area contributed by atoms with Crippen molar-refractivity contribution in [1.82, 2.24) is 10.2 Å². The Morgan fingerprint density at radius 1 is 1.15 bits per heavy atom. The monoisotopic (exact) mass is 387 g/mol. The van der Waals surface area contributed by atoms with Crippen molar-refractivity contribution in [2.45, 2.75) is 6.10 Å². The molecule has 0 aliphatic carbocycles. The Labute approximate surface area is 159 Å². The number of amides is 1. The van der Waals surface area contributed by atoms with Crippen LogP contribution in [-0.2, 0) is 4.79 Å². The van der Waals surface area contributed by atoms with Gasteiger partial charge in [0.25, 0.3) is 11.8 Å². The van der Waals surface area contributed by atoms with Gasteiger partial charge in [0.15, 0.2) is 18.1 Å². The van der Waals surface area contributed by atoms with E-state index in [1.807, 2.05) is 18.2 Å². The zero-order chi connectivity index (χ0) is 18.6. The Morgan fingerprint density at radius 3 is 2.74 bits per heavy atom. The zero-order valence-electron chi connectivity index (χ0n) is 13.9. The molecular weight excluding hydrogens is 374 g/mol. The molecule has 2 aromatic carbocycles. The molecule has 8 nitrogen and oxygen atoms in total. The molecule has 1 aliphatic rings. The van der Waals surface area contributed by atoms with Crippen LogP contribution in [0.5, 0.6) is 17.2 Å². The predicted molar refractivity (Wildman–Crippen MR) is 95.2 cm³/mol. The SMILES string of the molecule is O=C(COc1ccc(Cl)cc1)Nc1nnc(C2COc3ccccc3O2)o1. The number of benzene rings is 2. The molecule has 0 radical (unpaired) electrons. The van der Waals surface area contributed by atoms with Crippen LogP contribution in [0.25, 0.3) is 0 Å². The van der Waals surface area contributed by atoms with Gasteiger partial charge in [-0.05, 0) is 36.4 Å². The average Bonchev–Trinajstić information content (AvgIpc) is 3.15. The molecule has 1 unspecified atom stereocenters. The number of aromatic nitrogens is 2. The quantitative estimate of drug-likeness (QED) is 0.717. The van der Waals surface area contributed by atoms with Gasteiger partial charge in [0.05, 0.1) is 0 Å². The third-order valence-corrected chi connectivity index (χ3v) is 3.91. The minimum atomic E-state index is -0.552. The van der Waals surface area contributed by atoms with Crippen LogP contribution >= 0.6 is 11.6 Å². The molecule has 0 spiro atoms. The molecule has 3 aromatic rings. The molecular formula is C18H14ClN3O5. The van der Waals surface area contributed by atoms with Crippen LogP contribution in [0.2, 0.25) is 5.02 Å². The Bertz CT molecular complexity index is 944. The molecule has 0 saturated carbocycles. The van der Waals surface area contributed by atoms with E-state index in [4.69, 9.17) is 30.2 Å². The van der Waals surface area contributed by atoms with Crippen molar-refractivity contribution in [3.05, 3.63) is 59.4 Å². The molecule has 0 fully saturated rings. The lowest BCUT2D eigenvalue weighted by Crippen LogP contribution is -2.22. The third kappa shape index (κ3) is 4.12. The van der Waals surface area contributed by atoms with E-state index < -0.39 is 12.0 Å². The summed E-state index contributed by atoms with van der Waals surface area (Å²) in [5.74, 6) is 1.53. The van der Waals surface area contributed by atoms with Crippen LogP contribution in [0.4, 0.5) is 6.01 Å². The summed E-state index contributed by atoms with van der Waals surface area (Å²) < 4.78 is 22.2. The number of fused-ring (bicyclic) bond motifs is 1. The molecule has 0 bridgehead atoms. The molecule has 1 amide bonds. The summed E-state index contributed by atoms with van der Waals surface area (Å²) in [7, 11) is 0. The van der Waals surface area contributed by atoms with E-state index >= 15 is 0 Å². The molecule has 0 saturated heterocycles. The van der Waals surface area contributed by atoms with Crippen molar-refractivity contribution in [3.63, 3.8) is 0 Å². The summed E-state index contributed by atoms with van der Waals surface area (Å²) in [6.07, 6.45) is -0.552. The maximum Gasteiger partial charge on any atom is 0.322 e. The van der Waals surface area contributed by atoms with E-state index in [2.05, 4.69) is 15.5 Å². The first kappa shape index (κ1) is 17.2. The Morgan fingerprint density at radius 2 is 1.93 bits per heavy atom. The molecule has 1 aromatic heterocycles. The standard InChI is InChI=1S/C18H14ClN3O5/c19-11-5-7-12(8-6-11)24-10-16(23)20-18-22-21-17(27-18)15-9-25-13-3-1-2-4-14(13)26-15/h1-8,15H,9-10H2,(H,20,22,23). The molecule has 1 aliphatic heterocycles. The second kappa shape index (κ2) is 7.55. The number of carbonyl (C=O) groups is 1. The molecule has 27 heavy (non-hydrogen) atoms. The van der Waals surface area contributed by atoms with Crippen molar-refractivity contribution in [2.24, 2.45) is 0 Å². The van der Waals surface area contributed by atoms with Gasteiger partial charge in [0.2, 0.25) is 6.10 Å². The van der Waals surface area contributed by atoms with Gasteiger partial charge in [0.1, 0.15) is 12.4 Å². The van der Waals surface area contributed by atoms with E-state index in [9.17, 15) is 4.79 Å². The highest BCUT2D eigenvalue weighted by atomic mass is 35.5. The maximum atomic E-state index is 12.0. The van der Waals surface area contributed by atoms with E-state index in [0.717, 1.165) is 0 Å². The van der Waals surface area contributed by atoms with Gasteiger partial charge in [-0.3, -0.25) is 10.1 Å². The highest BCUT2D eigenvalue weighted by molar-refractivity contribution is 6.30. The number of hydrogen-bond donors (Lipinski definition) is 1. The van der Waals surface area contributed by atoms with Gasteiger partial charge in [-0.2, -0.15) is 0 Å². The lowest BCUT2D eigenvalue weighted by atomic mass is 10.2. The summed E-state index contributed by atoms with van der Waals surface area (Å²) in [5, 5.41) is 10.8. The predicted octanol–water partition coefficient (Wildman–Crippen LogP) is 3.25. The molecule has 1 N–H and O–H groups in total. The number of para-hydroxylation sites is 2. The van der Waals surface area contributed by atoms with Crippen LogP contribution in [0.3, 0.4) is 0 Å². The second-order valence-electron chi connectivity index (χ2n) is 5.60. The average molecular weight is 388 g/mol. The lowest BCUT2D eigenvalue weighted by Gasteiger charge is -2.23. The van der Waals surface area contributed by atoms with Crippen molar-refractivity contribution in [2.75, 3.05) is 18.5 Å². The first-order valence-corrected chi connectivity index (χ1v) is 8.45. The van der Waals surface area contributed by atoms with E-state index in [-0.39, 0.29) is 25.1 Å². The van der Waals surface area contributed by atoms with Crippen molar-refractivity contribution in [1.29, 1.82) is 0 Å². The number of halogens is 1. The van der Waals surface area contributed by atoms with Crippen LogP contribution in [0, 0.1) is 0 Å². The molecule has 9 heteroatoms. The number of ether oxygens (including phenoxy) is 3. The van der Waals surface area contributed by atoms with E-state index in [0.29, 0.717) is 22.3 Å². The summed E-state index contributed by atoms with van der Waals surface area (Å²) in [4.78, 5) is 12.0. The first-order chi connectivity index (χ1) is 13.2. The number of carbonyl (C=O) groups excluding carboxylic acids is 1. The highest BCUT2D eigenvalue weighted by Crippen LogP contribution is 2.35. The molecule has 1 atom stereocenters. The summed E-state index contributed by atoms with van der Waals surface area (Å²) in [5.41, 5.74) is 0. The van der Waals surface area contributed by atoms with Crippen LogP contribution < -0.4 is 19.5 Å². The van der Waals surface area contributed by atoms with Crippen LogP contribution in [0.1, 0.15) is 12.0 Å². The number of nitrogens with zero attached hydrogens (tertiary/aromatic N) is 2. The minimum absolute atomic E-state index is 0.0443. The fourth-order valence-corrected chi connectivity index (χ4v) is 2.52. The van der Waals surface area contributed by atoms with Crippen molar-refractivity contribution in [3.8, 4) is 17.2 Å². The van der Waals surface area contributed by atoms with Gasteiger partial charge in [0, 0.05) is 5.02 Å². The Hall–Kier alpha value is -3.26. The van der Waals surface area contributed by atoms with E-state index in [1.54, 1.807) is 30.3 Å². The number of rotatable bonds is 5. The summed E-state index contributed by atoms with van der Waals surface area (Å²) in [6, 6.07) is 13.9. The number of anilines is 1. The third-order valence-electron chi connectivity index (χ3n) is 3.65. The molecule has 2 heterocycles. The van der Waals surface area contributed by atoms with Gasteiger partial charge in [-0.15, -0.1) is 5.10 Å². The summed E-state index contributed by atoms with van der Waals surface area (Å²) in [6.45, 7) is 0.0159. The van der Waals surface area contributed by atoms with Gasteiger partial charge >= 0.3 is 6.01 Å². The van der Waals surface area contributed by atoms with Gasteiger partial charge < -0.3 is 18.6 Å². The normalized spacial score (nSPS) is 15.2. The zero-order valence-corrected chi connectivity index (χ0v) is 14.7. The molecule has 138 valence electrons. The number of hydrogen-bond acceptors (Lipinski definition) is 7. The number of nitrogens with one attached hydrogen (secondary N) is 1. The van der Waals surface area contributed by atoms with Gasteiger partial charge in [-0.25, -0.2) is 0 Å². The van der Waals surface area contributed by atoms with Crippen molar-refractivity contribution >= 4 is 23.5 Å². The minimum Gasteiger partial charge on any atom is -0.485 e. The van der Waals surface area contributed by atoms with Crippen LogP contribution in [0.15, 0.2) is 52.9 Å². The summed E-state index contributed by atoms with van der Waals surface area (Å²) >= 11 is 5.79. The van der Waals surface area contributed by atoms with E-state index in [1.165, 1.54) is 0 Å². The molecule has 4 rings (SSSR count). The topological polar surface area (TPSA) is 95.7 Å². The van der Waals surface area contributed by atoms with Gasteiger partial charge in [-0.1, -0.05) is 28.8 Å². The highest BCUT2D eigenvalue weighted by Gasteiger charge is 2.27.